The van der Waals surface area contributed by atoms with Crippen LogP contribution in [0.3, 0.4) is 0 Å². The summed E-state index contributed by atoms with van der Waals surface area (Å²) in [5.41, 5.74) is 0.351. The Hall–Kier alpha value is 0.1000. The average molecular weight is 371 g/mol. The lowest BCUT2D eigenvalue weighted by atomic mass is 9.88. The maximum Gasteiger partial charge on any atom is 0.0338 e. The molecule has 2 aliphatic rings. The average Bonchev–Trinajstić information content (AvgIpc) is 3.18. The predicted octanol–water partition coefficient (Wildman–Crippen LogP) is 4.50. The highest BCUT2D eigenvalue weighted by atomic mass is 79.9. The summed E-state index contributed by atoms with van der Waals surface area (Å²) in [5.74, 6) is 1.67. The molecule has 2 fully saturated rings. The molecule has 0 spiro atoms. The number of nitrogens with zero attached hydrogens (tertiary/aromatic N) is 1. The number of hydrogen-bond acceptors (Lipinski definition) is 3. The van der Waals surface area contributed by atoms with Crippen LogP contribution >= 0.6 is 27.3 Å². The summed E-state index contributed by atoms with van der Waals surface area (Å²) >= 11 is 5.47. The molecule has 0 bridgehead atoms. The monoisotopic (exact) mass is 370 g/mol. The van der Waals surface area contributed by atoms with E-state index >= 15 is 0 Å². The van der Waals surface area contributed by atoms with Crippen LogP contribution in [0.4, 0.5) is 0 Å². The minimum absolute atomic E-state index is 0.351. The van der Waals surface area contributed by atoms with E-state index < -0.39 is 0 Å². The molecule has 2 unspecified atom stereocenters. The summed E-state index contributed by atoms with van der Waals surface area (Å²) in [6, 6.07) is 2.94. The van der Waals surface area contributed by atoms with Gasteiger partial charge in [-0.2, -0.15) is 0 Å². The van der Waals surface area contributed by atoms with Crippen LogP contribution < -0.4 is 5.32 Å². The minimum atomic E-state index is 0.351. The molecule has 0 radical (unpaired) electrons. The van der Waals surface area contributed by atoms with Gasteiger partial charge in [-0.05, 0) is 60.0 Å². The number of rotatable bonds is 5. The first-order valence-corrected chi connectivity index (χ1v) is 9.86. The van der Waals surface area contributed by atoms with E-state index in [9.17, 15) is 0 Å². The molecule has 2 nitrogen and oxygen atoms in total. The lowest BCUT2D eigenvalue weighted by molar-refractivity contribution is 0.0246. The fourth-order valence-electron chi connectivity index (χ4n) is 3.71. The normalized spacial score (nSPS) is 31.0. The van der Waals surface area contributed by atoms with E-state index in [1.165, 1.54) is 35.2 Å². The first-order valence-electron chi connectivity index (χ1n) is 8.18. The quantitative estimate of drug-likeness (QED) is 0.820. The molecule has 118 valence electrons. The van der Waals surface area contributed by atoms with Crippen LogP contribution in [0.15, 0.2) is 15.9 Å². The molecular formula is C17H27BrN2S. The number of thiophene rings is 1. The molecule has 3 rings (SSSR count). The summed E-state index contributed by atoms with van der Waals surface area (Å²) < 4.78 is 1.23. The summed E-state index contributed by atoms with van der Waals surface area (Å²) in [6.07, 6.45) is 4.11. The van der Waals surface area contributed by atoms with Gasteiger partial charge in [-0.25, -0.2) is 0 Å². The van der Waals surface area contributed by atoms with Gasteiger partial charge in [0.05, 0.1) is 0 Å². The minimum Gasteiger partial charge on any atom is -0.311 e. The second kappa shape index (κ2) is 6.31. The largest absolute Gasteiger partial charge is 0.311 e. The summed E-state index contributed by atoms with van der Waals surface area (Å²) in [5, 5.41) is 6.04. The van der Waals surface area contributed by atoms with Crippen LogP contribution in [0.1, 0.15) is 44.9 Å². The topological polar surface area (TPSA) is 15.3 Å². The third-order valence-corrected chi connectivity index (χ3v) is 6.78. The molecule has 1 N–H and O–H groups in total. The zero-order chi connectivity index (χ0) is 15.0. The Morgan fingerprint density at radius 1 is 1.48 bits per heavy atom. The first-order chi connectivity index (χ1) is 9.97. The van der Waals surface area contributed by atoms with Crippen LogP contribution in [0, 0.1) is 11.8 Å². The molecule has 21 heavy (non-hydrogen) atoms. The molecule has 1 saturated carbocycles. The van der Waals surface area contributed by atoms with Gasteiger partial charge in [0.15, 0.2) is 0 Å². The van der Waals surface area contributed by atoms with Crippen LogP contribution in [0.5, 0.6) is 0 Å². The Kier molecular flexibility index (Phi) is 4.80. The Morgan fingerprint density at radius 2 is 2.24 bits per heavy atom. The van der Waals surface area contributed by atoms with Crippen molar-refractivity contribution in [3.63, 3.8) is 0 Å². The van der Waals surface area contributed by atoms with E-state index in [4.69, 9.17) is 0 Å². The van der Waals surface area contributed by atoms with Crippen molar-refractivity contribution in [2.75, 3.05) is 13.1 Å². The Morgan fingerprint density at radius 3 is 2.81 bits per heavy atom. The fourth-order valence-corrected chi connectivity index (χ4v) is 5.17. The highest BCUT2D eigenvalue weighted by molar-refractivity contribution is 9.10. The van der Waals surface area contributed by atoms with Crippen molar-refractivity contribution < 1.29 is 0 Å². The maximum atomic E-state index is 3.84. The molecule has 4 heteroatoms. The molecule has 1 aromatic heterocycles. The molecule has 2 atom stereocenters. The second-order valence-corrected chi connectivity index (χ2v) is 9.36. The van der Waals surface area contributed by atoms with Gasteiger partial charge >= 0.3 is 0 Å². The molecule has 1 saturated heterocycles. The van der Waals surface area contributed by atoms with Gasteiger partial charge in [-0.1, -0.05) is 13.8 Å². The maximum absolute atomic E-state index is 3.84. The molecule has 2 heterocycles. The Bertz CT molecular complexity index is 483. The third kappa shape index (κ3) is 3.72. The van der Waals surface area contributed by atoms with E-state index in [1.807, 2.05) is 11.3 Å². The number of piperazine rings is 1. The molecule has 0 amide bonds. The fraction of sp³-hybridized carbons (Fsp3) is 0.765. The highest BCUT2D eigenvalue weighted by Gasteiger charge is 2.48. The van der Waals surface area contributed by atoms with Gasteiger partial charge in [0.25, 0.3) is 0 Å². The molecule has 1 aromatic rings. The number of halogens is 1. The van der Waals surface area contributed by atoms with Crippen LogP contribution in [-0.2, 0) is 6.54 Å². The van der Waals surface area contributed by atoms with Gasteiger partial charge in [-0.15, -0.1) is 11.3 Å². The van der Waals surface area contributed by atoms with Crippen molar-refractivity contribution >= 4 is 27.3 Å². The van der Waals surface area contributed by atoms with Crippen molar-refractivity contribution in [1.29, 1.82) is 0 Å². The zero-order valence-corrected chi connectivity index (χ0v) is 15.8. The van der Waals surface area contributed by atoms with E-state index in [1.54, 1.807) is 0 Å². The van der Waals surface area contributed by atoms with Crippen molar-refractivity contribution in [3.8, 4) is 0 Å². The highest BCUT2D eigenvalue weighted by Crippen LogP contribution is 2.45. The van der Waals surface area contributed by atoms with Crippen molar-refractivity contribution in [2.24, 2.45) is 11.8 Å². The van der Waals surface area contributed by atoms with Gasteiger partial charge in [0.2, 0.25) is 0 Å². The molecule has 1 aliphatic carbocycles. The van der Waals surface area contributed by atoms with Crippen LogP contribution in [0.2, 0.25) is 0 Å². The van der Waals surface area contributed by atoms with E-state index in [-0.39, 0.29) is 0 Å². The molecular weight excluding hydrogens is 344 g/mol. The summed E-state index contributed by atoms with van der Waals surface area (Å²) in [6.45, 7) is 10.6. The standard InChI is InChI=1S/C17H27BrN2S/c1-12(2)6-15-8-20(9-16-7-14(18)10-21-16)17(3,11-19-15)13-4-5-13/h7,10,12-13,15,19H,4-6,8-9,11H2,1-3H3. The first kappa shape index (κ1) is 16.0. The third-order valence-electron chi connectivity index (χ3n) is 5.09. The van der Waals surface area contributed by atoms with Crippen molar-refractivity contribution in [3.05, 3.63) is 20.8 Å². The summed E-state index contributed by atoms with van der Waals surface area (Å²) in [7, 11) is 0. The van der Waals surface area contributed by atoms with Crippen molar-refractivity contribution in [1.82, 2.24) is 10.2 Å². The van der Waals surface area contributed by atoms with Crippen LogP contribution in [0.25, 0.3) is 0 Å². The second-order valence-electron chi connectivity index (χ2n) is 7.45. The van der Waals surface area contributed by atoms with E-state index in [0.717, 1.165) is 24.9 Å². The van der Waals surface area contributed by atoms with Crippen molar-refractivity contribution in [2.45, 2.75) is 58.2 Å². The SMILES string of the molecule is CC(C)CC1CN(Cc2cc(Br)cs2)C(C)(C2CC2)CN1. The van der Waals surface area contributed by atoms with E-state index in [0.29, 0.717) is 11.6 Å². The Labute approximate surface area is 141 Å². The number of hydrogen-bond donors (Lipinski definition) is 1. The van der Waals surface area contributed by atoms with Gasteiger partial charge in [0, 0.05) is 45.9 Å². The number of nitrogens with one attached hydrogen (secondary N) is 1. The Balaban J connectivity index is 1.73. The lowest BCUT2D eigenvalue weighted by Gasteiger charge is -2.49. The molecule has 1 aliphatic heterocycles. The van der Waals surface area contributed by atoms with Gasteiger partial charge < -0.3 is 5.32 Å². The van der Waals surface area contributed by atoms with Gasteiger partial charge in [-0.3, -0.25) is 4.90 Å². The zero-order valence-electron chi connectivity index (χ0n) is 13.4. The predicted molar refractivity (Wildman–Crippen MR) is 94.8 cm³/mol. The van der Waals surface area contributed by atoms with Crippen LogP contribution in [-0.4, -0.2) is 29.6 Å². The molecule has 0 aromatic carbocycles. The van der Waals surface area contributed by atoms with E-state index in [2.05, 4.69) is 58.4 Å². The van der Waals surface area contributed by atoms with Gasteiger partial charge in [0.1, 0.15) is 0 Å². The lowest BCUT2D eigenvalue weighted by Crippen LogP contribution is -2.64. The summed E-state index contributed by atoms with van der Waals surface area (Å²) in [4.78, 5) is 4.26. The smallest absolute Gasteiger partial charge is 0.0338 e.